The molecule has 1 aliphatic rings. The highest BCUT2D eigenvalue weighted by Crippen LogP contribution is 2.29. The molecule has 1 amide bonds. The second-order valence-electron chi connectivity index (χ2n) is 4.28. The van der Waals surface area contributed by atoms with E-state index in [2.05, 4.69) is 5.43 Å². The summed E-state index contributed by atoms with van der Waals surface area (Å²) in [5, 5.41) is 10.7. The number of amides is 1. The van der Waals surface area contributed by atoms with E-state index in [0.29, 0.717) is 11.6 Å². The Balaban J connectivity index is 2.28. The van der Waals surface area contributed by atoms with Gasteiger partial charge in [0.15, 0.2) is 0 Å². The molecule has 0 heterocycles. The minimum absolute atomic E-state index is 0.134. The maximum absolute atomic E-state index is 12.1. The molecule has 1 fully saturated rings. The Bertz CT molecular complexity index is 499. The largest absolute Gasteiger partial charge is 0.339 e. The molecule has 0 aromatic heterocycles. The smallest absolute Gasteiger partial charge is 0.293 e. The Hall–Kier alpha value is -2.15. The number of nitrogens with zero attached hydrogens (tertiary/aromatic N) is 2. The molecule has 7 nitrogen and oxygen atoms in total. The number of nitro groups is 1. The maximum Gasteiger partial charge on any atom is 0.293 e. The van der Waals surface area contributed by atoms with Crippen molar-refractivity contribution in [3.05, 3.63) is 33.9 Å². The van der Waals surface area contributed by atoms with Crippen molar-refractivity contribution in [2.24, 2.45) is 5.84 Å². The minimum atomic E-state index is -0.548. The number of nitrogens with one attached hydrogen (secondary N) is 1. The Morgan fingerprint density at radius 1 is 1.56 bits per heavy atom. The molecule has 1 aromatic rings. The van der Waals surface area contributed by atoms with E-state index < -0.39 is 4.92 Å². The summed E-state index contributed by atoms with van der Waals surface area (Å²) in [6.07, 6.45) is 2.02. The molecule has 7 heteroatoms. The predicted octanol–water partition coefficient (Wildman–Crippen LogP) is 1.11. The van der Waals surface area contributed by atoms with E-state index in [9.17, 15) is 14.9 Å². The Labute approximate surface area is 104 Å². The summed E-state index contributed by atoms with van der Waals surface area (Å²) in [4.78, 5) is 23.9. The van der Waals surface area contributed by atoms with Gasteiger partial charge in [-0.1, -0.05) is 0 Å². The van der Waals surface area contributed by atoms with Crippen LogP contribution in [0, 0.1) is 10.1 Å². The van der Waals surface area contributed by atoms with Gasteiger partial charge in [0.2, 0.25) is 0 Å². The van der Waals surface area contributed by atoms with Crippen LogP contribution >= 0.6 is 0 Å². The van der Waals surface area contributed by atoms with Gasteiger partial charge < -0.3 is 10.3 Å². The highest BCUT2D eigenvalue weighted by molar-refractivity contribution is 5.96. The summed E-state index contributed by atoms with van der Waals surface area (Å²) >= 11 is 0. The molecule has 0 atom stereocenters. The molecule has 0 aliphatic heterocycles. The van der Waals surface area contributed by atoms with E-state index in [4.69, 9.17) is 5.84 Å². The lowest BCUT2D eigenvalue weighted by molar-refractivity contribution is -0.384. The van der Waals surface area contributed by atoms with E-state index >= 15 is 0 Å². The van der Waals surface area contributed by atoms with Crippen LogP contribution in [0.3, 0.4) is 0 Å². The van der Waals surface area contributed by atoms with Crippen LogP contribution in [0.1, 0.15) is 23.2 Å². The third-order valence-corrected chi connectivity index (χ3v) is 3.01. The first-order chi connectivity index (χ1) is 8.54. The number of nitro benzene ring substituents is 1. The predicted molar refractivity (Wildman–Crippen MR) is 66.0 cm³/mol. The zero-order valence-electron chi connectivity index (χ0n) is 9.92. The molecular formula is C11H14N4O3. The van der Waals surface area contributed by atoms with Crippen molar-refractivity contribution in [3.63, 3.8) is 0 Å². The summed E-state index contributed by atoms with van der Waals surface area (Å²) in [7, 11) is 1.73. The van der Waals surface area contributed by atoms with E-state index in [1.165, 1.54) is 18.2 Å². The summed E-state index contributed by atoms with van der Waals surface area (Å²) in [5.41, 5.74) is 2.62. The van der Waals surface area contributed by atoms with Crippen LogP contribution in [0.2, 0.25) is 0 Å². The molecular weight excluding hydrogens is 236 g/mol. The van der Waals surface area contributed by atoms with Crippen molar-refractivity contribution in [1.82, 2.24) is 4.90 Å². The van der Waals surface area contributed by atoms with Crippen molar-refractivity contribution in [1.29, 1.82) is 0 Å². The highest BCUT2D eigenvalue weighted by atomic mass is 16.6. The molecule has 0 unspecified atom stereocenters. The Kier molecular flexibility index (Phi) is 3.15. The first kappa shape index (κ1) is 12.3. The van der Waals surface area contributed by atoms with Crippen molar-refractivity contribution in [2.75, 3.05) is 12.5 Å². The molecule has 96 valence electrons. The summed E-state index contributed by atoms with van der Waals surface area (Å²) in [5.74, 6) is 5.08. The van der Waals surface area contributed by atoms with Gasteiger partial charge in [0.05, 0.1) is 4.92 Å². The average molecular weight is 250 g/mol. The van der Waals surface area contributed by atoms with Gasteiger partial charge in [0.1, 0.15) is 5.69 Å². The normalized spacial score (nSPS) is 14.1. The van der Waals surface area contributed by atoms with E-state index in [1.807, 2.05) is 0 Å². The Morgan fingerprint density at radius 3 is 2.72 bits per heavy atom. The molecule has 0 bridgehead atoms. The number of nitrogen functional groups attached to an aromatic ring is 1. The molecule has 2 rings (SSSR count). The highest BCUT2D eigenvalue weighted by Gasteiger charge is 2.30. The van der Waals surface area contributed by atoms with Crippen LogP contribution in [0.4, 0.5) is 11.4 Å². The first-order valence-electron chi connectivity index (χ1n) is 5.57. The minimum Gasteiger partial charge on any atom is -0.339 e. The summed E-state index contributed by atoms with van der Waals surface area (Å²) < 4.78 is 0. The van der Waals surface area contributed by atoms with Gasteiger partial charge in [-0.15, -0.1) is 0 Å². The topological polar surface area (TPSA) is 102 Å². The fourth-order valence-electron chi connectivity index (χ4n) is 1.78. The number of hydrogen-bond donors (Lipinski definition) is 2. The zero-order valence-corrected chi connectivity index (χ0v) is 9.92. The lowest BCUT2D eigenvalue weighted by Crippen LogP contribution is -2.28. The quantitative estimate of drug-likeness (QED) is 0.473. The van der Waals surface area contributed by atoms with Crippen molar-refractivity contribution >= 4 is 17.3 Å². The maximum atomic E-state index is 12.1. The number of nitrogens with two attached hydrogens (primary N) is 1. The second-order valence-corrected chi connectivity index (χ2v) is 4.28. The molecule has 18 heavy (non-hydrogen) atoms. The monoisotopic (exact) mass is 250 g/mol. The van der Waals surface area contributed by atoms with Gasteiger partial charge in [0.25, 0.3) is 11.6 Å². The van der Waals surface area contributed by atoms with Gasteiger partial charge in [-0.05, 0) is 25.0 Å². The molecule has 1 aliphatic carbocycles. The van der Waals surface area contributed by atoms with Gasteiger partial charge >= 0.3 is 0 Å². The standard InChI is InChI=1S/C11H14N4O3/c1-14(8-3-4-8)11(16)7-2-5-10(15(17)18)9(6-7)13-12/h2,5-6,8,13H,3-4,12H2,1H3. The van der Waals surface area contributed by atoms with Crippen molar-refractivity contribution < 1.29 is 9.72 Å². The van der Waals surface area contributed by atoms with Crippen LogP contribution in [0.5, 0.6) is 0 Å². The number of benzene rings is 1. The van der Waals surface area contributed by atoms with Crippen LogP contribution in [-0.2, 0) is 0 Å². The van der Waals surface area contributed by atoms with E-state index in [0.717, 1.165) is 12.8 Å². The van der Waals surface area contributed by atoms with Crippen LogP contribution in [0.15, 0.2) is 18.2 Å². The Morgan fingerprint density at radius 2 is 2.22 bits per heavy atom. The fourth-order valence-corrected chi connectivity index (χ4v) is 1.78. The number of hydrogen-bond acceptors (Lipinski definition) is 5. The van der Waals surface area contributed by atoms with Gasteiger partial charge in [-0.3, -0.25) is 20.8 Å². The molecule has 0 saturated heterocycles. The molecule has 1 aromatic carbocycles. The lowest BCUT2D eigenvalue weighted by Gasteiger charge is -2.16. The van der Waals surface area contributed by atoms with Crippen molar-refractivity contribution in [2.45, 2.75) is 18.9 Å². The molecule has 1 saturated carbocycles. The van der Waals surface area contributed by atoms with Crippen molar-refractivity contribution in [3.8, 4) is 0 Å². The van der Waals surface area contributed by atoms with Gasteiger partial charge in [0, 0.05) is 24.7 Å². The molecule has 0 radical (unpaired) electrons. The number of hydrazine groups is 1. The molecule has 0 spiro atoms. The number of carbonyl (C=O) groups excluding carboxylic acids is 1. The van der Waals surface area contributed by atoms with E-state index in [1.54, 1.807) is 11.9 Å². The van der Waals surface area contributed by atoms with E-state index in [-0.39, 0.29) is 17.3 Å². The molecule has 3 N–H and O–H groups in total. The van der Waals surface area contributed by atoms with Crippen LogP contribution in [0.25, 0.3) is 0 Å². The van der Waals surface area contributed by atoms with Gasteiger partial charge in [-0.2, -0.15) is 0 Å². The lowest BCUT2D eigenvalue weighted by atomic mass is 10.1. The fraction of sp³-hybridized carbons (Fsp3) is 0.364. The summed E-state index contributed by atoms with van der Waals surface area (Å²) in [6.45, 7) is 0. The van der Waals surface area contributed by atoms with Crippen LogP contribution < -0.4 is 11.3 Å². The summed E-state index contributed by atoms with van der Waals surface area (Å²) in [6, 6.07) is 4.42. The number of anilines is 1. The second kappa shape index (κ2) is 4.61. The third kappa shape index (κ3) is 2.25. The van der Waals surface area contributed by atoms with Crippen LogP contribution in [-0.4, -0.2) is 28.8 Å². The van der Waals surface area contributed by atoms with Gasteiger partial charge in [-0.25, -0.2) is 0 Å². The third-order valence-electron chi connectivity index (χ3n) is 3.01. The first-order valence-corrected chi connectivity index (χ1v) is 5.57. The SMILES string of the molecule is CN(C(=O)c1ccc([N+](=O)[O-])c(NN)c1)C1CC1. The zero-order chi connectivity index (χ0) is 13.3. The number of rotatable bonds is 4. The average Bonchev–Trinajstić information content (AvgIpc) is 3.20. The number of carbonyl (C=O) groups is 1.